The van der Waals surface area contributed by atoms with Crippen LogP contribution in [0.4, 0.5) is 5.69 Å². The van der Waals surface area contributed by atoms with Crippen LogP contribution < -0.4 is 10.1 Å². The molecule has 1 aromatic rings. The van der Waals surface area contributed by atoms with Crippen LogP contribution in [0.25, 0.3) is 0 Å². The van der Waals surface area contributed by atoms with E-state index in [0.29, 0.717) is 10.9 Å². The maximum Gasteiger partial charge on any atom is 0.138 e. The summed E-state index contributed by atoms with van der Waals surface area (Å²) >= 11 is 6.16. The molecule has 1 aromatic carbocycles. The van der Waals surface area contributed by atoms with Gasteiger partial charge >= 0.3 is 0 Å². The molecule has 0 radical (unpaired) electrons. The number of ether oxygens (including phenoxy) is 2. The van der Waals surface area contributed by atoms with Crippen LogP contribution in [0, 0.1) is 5.92 Å². The average Bonchev–Trinajstić information content (AvgIpc) is 2.29. The monoisotopic (exact) mass is 271 g/mol. The molecule has 4 heteroatoms. The van der Waals surface area contributed by atoms with Crippen LogP contribution in [0.3, 0.4) is 0 Å². The Balaban J connectivity index is 2.56. The molecule has 1 N–H and O–H groups in total. The van der Waals surface area contributed by atoms with Crippen LogP contribution in [-0.4, -0.2) is 26.4 Å². The summed E-state index contributed by atoms with van der Waals surface area (Å²) in [7, 11) is 1.71. The lowest BCUT2D eigenvalue weighted by Crippen LogP contribution is -2.15. The molecule has 0 saturated heterocycles. The number of nitrogens with one attached hydrogen (secondary N) is 1. The summed E-state index contributed by atoms with van der Waals surface area (Å²) in [5, 5.41) is 3.96. The fourth-order valence-corrected chi connectivity index (χ4v) is 1.82. The summed E-state index contributed by atoms with van der Waals surface area (Å²) in [4.78, 5) is 0. The molecular formula is C14H22ClNO2. The quantitative estimate of drug-likeness (QED) is 0.818. The zero-order valence-electron chi connectivity index (χ0n) is 11.5. The molecule has 18 heavy (non-hydrogen) atoms. The van der Waals surface area contributed by atoms with E-state index in [1.165, 1.54) is 0 Å². The smallest absolute Gasteiger partial charge is 0.138 e. The molecule has 3 nitrogen and oxygen atoms in total. The fourth-order valence-electron chi connectivity index (χ4n) is 1.60. The lowest BCUT2D eigenvalue weighted by atomic mass is 10.2. The molecule has 0 saturated carbocycles. The minimum Gasteiger partial charge on any atom is -0.489 e. The molecule has 102 valence electrons. The first-order chi connectivity index (χ1) is 8.52. The van der Waals surface area contributed by atoms with E-state index in [9.17, 15) is 0 Å². The summed E-state index contributed by atoms with van der Waals surface area (Å²) in [6.07, 6.45) is 0.128. The summed E-state index contributed by atoms with van der Waals surface area (Å²) < 4.78 is 10.7. The van der Waals surface area contributed by atoms with E-state index >= 15 is 0 Å². The molecule has 0 aliphatic rings. The van der Waals surface area contributed by atoms with E-state index in [1.807, 2.05) is 32.0 Å². The molecular weight excluding hydrogens is 250 g/mol. The van der Waals surface area contributed by atoms with Gasteiger partial charge in [0.15, 0.2) is 0 Å². The second kappa shape index (κ2) is 7.49. The summed E-state index contributed by atoms with van der Waals surface area (Å²) in [5.41, 5.74) is 0.999. The Kier molecular flexibility index (Phi) is 6.30. The maximum atomic E-state index is 6.16. The van der Waals surface area contributed by atoms with Crippen molar-refractivity contribution < 1.29 is 9.47 Å². The molecule has 0 aromatic heterocycles. The highest BCUT2D eigenvalue weighted by atomic mass is 35.5. The van der Waals surface area contributed by atoms with Crippen molar-refractivity contribution in [3.63, 3.8) is 0 Å². The van der Waals surface area contributed by atoms with Crippen LogP contribution in [0.5, 0.6) is 5.75 Å². The van der Waals surface area contributed by atoms with Gasteiger partial charge in [-0.05, 0) is 38.0 Å². The van der Waals surface area contributed by atoms with E-state index in [0.717, 1.165) is 24.6 Å². The highest BCUT2D eigenvalue weighted by Crippen LogP contribution is 2.28. The Bertz CT molecular complexity index is 369. The highest BCUT2D eigenvalue weighted by molar-refractivity contribution is 6.32. The SMILES string of the molecule is COCC(C)CNc1ccc(OC(C)C)c(Cl)c1. The van der Waals surface area contributed by atoms with Crippen molar-refractivity contribution >= 4 is 17.3 Å². The van der Waals surface area contributed by atoms with Crippen molar-refractivity contribution in [1.82, 2.24) is 0 Å². The van der Waals surface area contributed by atoms with E-state index in [4.69, 9.17) is 21.1 Å². The van der Waals surface area contributed by atoms with Crippen LogP contribution in [0.1, 0.15) is 20.8 Å². The van der Waals surface area contributed by atoms with Crippen molar-refractivity contribution in [2.45, 2.75) is 26.9 Å². The molecule has 0 heterocycles. The number of halogens is 1. The minimum absolute atomic E-state index is 0.128. The lowest BCUT2D eigenvalue weighted by molar-refractivity contribution is 0.164. The van der Waals surface area contributed by atoms with Gasteiger partial charge in [-0.15, -0.1) is 0 Å². The van der Waals surface area contributed by atoms with Gasteiger partial charge < -0.3 is 14.8 Å². The zero-order valence-corrected chi connectivity index (χ0v) is 12.3. The van der Waals surface area contributed by atoms with Crippen molar-refractivity contribution in [3.05, 3.63) is 23.2 Å². The van der Waals surface area contributed by atoms with E-state index in [-0.39, 0.29) is 6.10 Å². The van der Waals surface area contributed by atoms with Gasteiger partial charge in [0, 0.05) is 19.3 Å². The van der Waals surface area contributed by atoms with Gasteiger partial charge in [-0.3, -0.25) is 0 Å². The van der Waals surface area contributed by atoms with E-state index in [1.54, 1.807) is 7.11 Å². The summed E-state index contributed by atoms with van der Waals surface area (Å²) in [6.45, 7) is 7.70. The second-order valence-corrected chi connectivity index (χ2v) is 5.16. The predicted molar refractivity (Wildman–Crippen MR) is 76.7 cm³/mol. The van der Waals surface area contributed by atoms with Crippen molar-refractivity contribution in [2.75, 3.05) is 25.6 Å². The average molecular weight is 272 g/mol. The van der Waals surface area contributed by atoms with Gasteiger partial charge in [0.05, 0.1) is 17.7 Å². The van der Waals surface area contributed by atoms with Crippen molar-refractivity contribution in [3.8, 4) is 5.75 Å². The normalized spacial score (nSPS) is 12.6. The predicted octanol–water partition coefficient (Wildman–Crippen LogP) is 3.82. The van der Waals surface area contributed by atoms with Gasteiger partial charge in [0.25, 0.3) is 0 Å². The largest absolute Gasteiger partial charge is 0.489 e. The Hall–Kier alpha value is -0.930. The van der Waals surface area contributed by atoms with Gasteiger partial charge in [0.1, 0.15) is 5.75 Å². The third-order valence-electron chi connectivity index (χ3n) is 2.40. The number of hydrogen-bond acceptors (Lipinski definition) is 3. The van der Waals surface area contributed by atoms with Gasteiger partial charge in [-0.25, -0.2) is 0 Å². The topological polar surface area (TPSA) is 30.5 Å². The maximum absolute atomic E-state index is 6.16. The summed E-state index contributed by atoms with van der Waals surface area (Å²) in [5.74, 6) is 1.18. The Morgan fingerprint density at radius 2 is 2.00 bits per heavy atom. The van der Waals surface area contributed by atoms with Crippen molar-refractivity contribution in [2.24, 2.45) is 5.92 Å². The molecule has 0 amide bonds. The molecule has 1 atom stereocenters. The molecule has 0 aliphatic heterocycles. The zero-order chi connectivity index (χ0) is 13.5. The fraction of sp³-hybridized carbons (Fsp3) is 0.571. The lowest BCUT2D eigenvalue weighted by Gasteiger charge is -2.15. The van der Waals surface area contributed by atoms with Crippen LogP contribution in [0.15, 0.2) is 18.2 Å². The first-order valence-corrected chi connectivity index (χ1v) is 6.59. The number of methoxy groups -OCH3 is 1. The molecule has 0 fully saturated rings. The molecule has 1 rings (SSSR count). The number of hydrogen-bond donors (Lipinski definition) is 1. The Labute approximate surface area is 114 Å². The molecule has 1 unspecified atom stereocenters. The minimum atomic E-state index is 0.128. The Morgan fingerprint density at radius 1 is 1.28 bits per heavy atom. The summed E-state index contributed by atoms with van der Waals surface area (Å²) in [6, 6.07) is 5.76. The second-order valence-electron chi connectivity index (χ2n) is 4.75. The van der Waals surface area contributed by atoms with Crippen LogP contribution >= 0.6 is 11.6 Å². The molecule has 0 aliphatic carbocycles. The van der Waals surface area contributed by atoms with E-state index < -0.39 is 0 Å². The Morgan fingerprint density at radius 3 is 2.56 bits per heavy atom. The number of anilines is 1. The van der Waals surface area contributed by atoms with Gasteiger partial charge in [-0.2, -0.15) is 0 Å². The highest BCUT2D eigenvalue weighted by Gasteiger charge is 2.06. The third-order valence-corrected chi connectivity index (χ3v) is 2.70. The van der Waals surface area contributed by atoms with Crippen LogP contribution in [-0.2, 0) is 4.74 Å². The van der Waals surface area contributed by atoms with Gasteiger partial charge in [-0.1, -0.05) is 18.5 Å². The number of rotatable bonds is 7. The third kappa shape index (κ3) is 5.15. The number of benzene rings is 1. The first-order valence-electron chi connectivity index (χ1n) is 6.22. The van der Waals surface area contributed by atoms with Gasteiger partial charge in [0.2, 0.25) is 0 Å². The van der Waals surface area contributed by atoms with Crippen molar-refractivity contribution in [1.29, 1.82) is 0 Å². The standard InChI is InChI=1S/C14H22ClNO2/c1-10(2)18-14-6-5-12(7-13(14)15)16-8-11(3)9-17-4/h5-7,10-11,16H,8-9H2,1-4H3. The van der Waals surface area contributed by atoms with E-state index in [2.05, 4.69) is 12.2 Å². The van der Waals surface area contributed by atoms with Crippen LogP contribution in [0.2, 0.25) is 5.02 Å². The molecule has 0 bridgehead atoms. The first kappa shape index (κ1) is 15.1. The molecule has 0 spiro atoms.